The van der Waals surface area contributed by atoms with Gasteiger partial charge in [0.2, 0.25) is 0 Å². The highest BCUT2D eigenvalue weighted by Gasteiger charge is 2.39. The lowest BCUT2D eigenvalue weighted by atomic mass is 10.0. The predicted octanol–water partition coefficient (Wildman–Crippen LogP) is 4.10. The van der Waals surface area contributed by atoms with Crippen LogP contribution in [0, 0.1) is 0 Å². The molecule has 0 saturated carbocycles. The average molecular weight is 414 g/mol. The maximum Gasteiger partial charge on any atom is 0.278 e. The molecule has 31 heavy (non-hydrogen) atoms. The Balaban J connectivity index is 1.69. The third-order valence-electron chi connectivity index (χ3n) is 5.06. The summed E-state index contributed by atoms with van der Waals surface area (Å²) in [6, 6.07) is 23.9. The summed E-state index contributed by atoms with van der Waals surface area (Å²) >= 11 is 0. The molecule has 156 valence electrons. The number of benzene rings is 3. The van der Waals surface area contributed by atoms with E-state index in [-0.39, 0.29) is 24.1 Å². The van der Waals surface area contributed by atoms with Gasteiger partial charge in [0.25, 0.3) is 11.8 Å². The van der Waals surface area contributed by atoms with Crippen LogP contribution in [0.4, 0.5) is 5.69 Å². The number of rotatable bonds is 7. The van der Waals surface area contributed by atoms with Crippen molar-refractivity contribution in [3.05, 3.63) is 95.7 Å². The fourth-order valence-electron chi connectivity index (χ4n) is 3.54. The molecule has 0 saturated heterocycles. The van der Waals surface area contributed by atoms with Gasteiger partial charge in [-0.05, 0) is 35.4 Å². The molecule has 0 aliphatic carbocycles. The molecule has 0 radical (unpaired) electrons. The zero-order valence-electron chi connectivity index (χ0n) is 17.3. The summed E-state index contributed by atoms with van der Waals surface area (Å²) in [7, 11) is 3.10. The molecule has 0 spiro atoms. The molecular formula is C25H22N2O4. The first kappa shape index (κ1) is 20.2. The molecule has 0 aromatic heterocycles. The van der Waals surface area contributed by atoms with Crippen LogP contribution in [0.2, 0.25) is 0 Å². The van der Waals surface area contributed by atoms with Crippen molar-refractivity contribution in [1.82, 2.24) is 4.90 Å². The van der Waals surface area contributed by atoms with E-state index in [4.69, 9.17) is 9.47 Å². The van der Waals surface area contributed by atoms with Gasteiger partial charge >= 0.3 is 0 Å². The molecule has 1 aliphatic rings. The van der Waals surface area contributed by atoms with Gasteiger partial charge in [-0.2, -0.15) is 0 Å². The molecule has 3 aromatic carbocycles. The molecular weight excluding hydrogens is 392 g/mol. The van der Waals surface area contributed by atoms with E-state index in [0.29, 0.717) is 22.6 Å². The van der Waals surface area contributed by atoms with Crippen LogP contribution in [0.3, 0.4) is 0 Å². The van der Waals surface area contributed by atoms with Gasteiger partial charge in [0.05, 0.1) is 26.3 Å². The van der Waals surface area contributed by atoms with Crippen LogP contribution in [-0.4, -0.2) is 30.9 Å². The van der Waals surface area contributed by atoms with E-state index in [1.165, 1.54) is 4.90 Å². The largest absolute Gasteiger partial charge is 0.493 e. The fourth-order valence-corrected chi connectivity index (χ4v) is 3.54. The third kappa shape index (κ3) is 4.00. The normalized spacial score (nSPS) is 13.5. The van der Waals surface area contributed by atoms with Crippen LogP contribution in [0.1, 0.15) is 11.1 Å². The van der Waals surface area contributed by atoms with E-state index >= 15 is 0 Å². The quantitative estimate of drug-likeness (QED) is 0.590. The number of hydrogen-bond donors (Lipinski definition) is 1. The van der Waals surface area contributed by atoms with Crippen molar-refractivity contribution < 1.29 is 19.1 Å². The number of imide groups is 1. The maximum atomic E-state index is 13.4. The lowest BCUT2D eigenvalue weighted by molar-refractivity contribution is -0.137. The van der Waals surface area contributed by atoms with Gasteiger partial charge in [-0.15, -0.1) is 0 Å². The van der Waals surface area contributed by atoms with E-state index in [1.54, 1.807) is 26.4 Å². The highest BCUT2D eigenvalue weighted by molar-refractivity contribution is 6.36. The first-order valence-electron chi connectivity index (χ1n) is 9.81. The fraction of sp³-hybridized carbons (Fsp3) is 0.120. The first-order chi connectivity index (χ1) is 15.1. The monoisotopic (exact) mass is 414 g/mol. The molecule has 4 rings (SSSR count). The molecule has 0 unspecified atom stereocenters. The molecule has 1 heterocycles. The van der Waals surface area contributed by atoms with Crippen LogP contribution in [0.25, 0.3) is 5.57 Å². The van der Waals surface area contributed by atoms with Crippen molar-refractivity contribution in [2.24, 2.45) is 0 Å². The van der Waals surface area contributed by atoms with Gasteiger partial charge in [0, 0.05) is 5.69 Å². The second-order valence-electron chi connectivity index (χ2n) is 6.99. The van der Waals surface area contributed by atoms with E-state index in [0.717, 1.165) is 11.3 Å². The number of carbonyl (C=O) groups excluding carboxylic acids is 2. The highest BCUT2D eigenvalue weighted by atomic mass is 16.5. The Morgan fingerprint density at radius 3 is 2.06 bits per heavy atom. The average Bonchev–Trinajstić information content (AvgIpc) is 3.04. The minimum atomic E-state index is -0.373. The Kier molecular flexibility index (Phi) is 5.71. The van der Waals surface area contributed by atoms with E-state index in [9.17, 15) is 9.59 Å². The van der Waals surface area contributed by atoms with Crippen LogP contribution < -0.4 is 14.8 Å². The van der Waals surface area contributed by atoms with Gasteiger partial charge in [-0.1, -0.05) is 54.6 Å². The van der Waals surface area contributed by atoms with Crippen molar-refractivity contribution in [3.8, 4) is 11.5 Å². The molecule has 6 heteroatoms. The second-order valence-corrected chi connectivity index (χ2v) is 6.99. The lowest BCUT2D eigenvalue weighted by Crippen LogP contribution is -2.32. The van der Waals surface area contributed by atoms with E-state index in [1.807, 2.05) is 66.7 Å². The Morgan fingerprint density at radius 2 is 1.42 bits per heavy atom. The molecule has 3 aromatic rings. The molecule has 1 aliphatic heterocycles. The van der Waals surface area contributed by atoms with Crippen molar-refractivity contribution in [2.75, 3.05) is 19.5 Å². The van der Waals surface area contributed by atoms with Gasteiger partial charge in [0.15, 0.2) is 11.5 Å². The number of para-hydroxylation sites is 1. The number of hydrogen-bond acceptors (Lipinski definition) is 5. The summed E-state index contributed by atoms with van der Waals surface area (Å²) in [5.41, 5.74) is 2.81. The summed E-state index contributed by atoms with van der Waals surface area (Å²) in [5, 5.41) is 3.15. The Hall–Kier alpha value is -4.06. The zero-order valence-corrected chi connectivity index (χ0v) is 17.3. The molecule has 0 fully saturated rings. The summed E-state index contributed by atoms with van der Waals surface area (Å²) in [6.45, 7) is 0.119. The van der Waals surface area contributed by atoms with Crippen molar-refractivity contribution >= 4 is 23.1 Å². The van der Waals surface area contributed by atoms with Crippen molar-refractivity contribution in [2.45, 2.75) is 6.54 Å². The number of nitrogens with zero attached hydrogens (tertiary/aromatic N) is 1. The number of ether oxygens (including phenoxy) is 2. The van der Waals surface area contributed by atoms with Crippen LogP contribution in [0.5, 0.6) is 11.5 Å². The number of anilines is 1. The summed E-state index contributed by atoms with van der Waals surface area (Å²) < 4.78 is 10.6. The number of carbonyl (C=O) groups is 2. The third-order valence-corrected chi connectivity index (χ3v) is 5.06. The van der Waals surface area contributed by atoms with Crippen LogP contribution in [-0.2, 0) is 16.1 Å². The Labute approximate surface area is 180 Å². The minimum absolute atomic E-state index is 0.119. The van der Waals surface area contributed by atoms with Gasteiger partial charge in [-0.3, -0.25) is 14.5 Å². The number of methoxy groups -OCH3 is 2. The summed E-state index contributed by atoms with van der Waals surface area (Å²) in [5.74, 6) is 0.407. The van der Waals surface area contributed by atoms with Gasteiger partial charge in [0.1, 0.15) is 5.70 Å². The molecule has 0 atom stereocenters. The topological polar surface area (TPSA) is 67.9 Å². The number of amides is 2. The van der Waals surface area contributed by atoms with E-state index in [2.05, 4.69) is 5.32 Å². The van der Waals surface area contributed by atoms with E-state index < -0.39 is 0 Å². The second kappa shape index (κ2) is 8.75. The van der Waals surface area contributed by atoms with Gasteiger partial charge in [-0.25, -0.2) is 0 Å². The van der Waals surface area contributed by atoms with Crippen LogP contribution in [0.15, 0.2) is 84.6 Å². The first-order valence-corrected chi connectivity index (χ1v) is 9.81. The lowest BCUT2D eigenvalue weighted by Gasteiger charge is -2.17. The summed E-state index contributed by atoms with van der Waals surface area (Å²) in [4.78, 5) is 27.9. The van der Waals surface area contributed by atoms with Crippen molar-refractivity contribution in [1.29, 1.82) is 0 Å². The SMILES string of the molecule is COc1ccc(CN2C(=O)C(Nc3ccccc3)=C(c3ccccc3)C2=O)cc1OC. The molecule has 1 N–H and O–H groups in total. The van der Waals surface area contributed by atoms with Crippen molar-refractivity contribution in [3.63, 3.8) is 0 Å². The maximum absolute atomic E-state index is 13.4. The van der Waals surface area contributed by atoms with Crippen LogP contribution >= 0.6 is 0 Å². The standard InChI is InChI=1S/C25H22N2O4/c1-30-20-14-13-17(15-21(20)31-2)16-27-24(28)22(18-9-5-3-6-10-18)23(25(27)29)26-19-11-7-4-8-12-19/h3-15,26H,16H2,1-2H3. The highest BCUT2D eigenvalue weighted by Crippen LogP contribution is 2.33. The zero-order chi connectivity index (χ0) is 21.8. The number of nitrogens with one attached hydrogen (secondary N) is 1. The van der Waals surface area contributed by atoms with Gasteiger partial charge < -0.3 is 14.8 Å². The smallest absolute Gasteiger partial charge is 0.278 e. The predicted molar refractivity (Wildman–Crippen MR) is 119 cm³/mol. The molecule has 2 amide bonds. The Bertz CT molecular complexity index is 1140. The minimum Gasteiger partial charge on any atom is -0.493 e. The summed E-state index contributed by atoms with van der Waals surface area (Å²) in [6.07, 6.45) is 0. The molecule has 6 nitrogen and oxygen atoms in total. The molecule has 0 bridgehead atoms. The Morgan fingerprint density at radius 1 is 0.774 bits per heavy atom.